The van der Waals surface area contributed by atoms with Gasteiger partial charge in [-0.25, -0.2) is 4.98 Å². The van der Waals surface area contributed by atoms with Crippen molar-refractivity contribution in [1.29, 1.82) is 0 Å². The molecule has 1 aliphatic rings. The number of hydrogen-bond acceptors (Lipinski definition) is 7. The predicted octanol–water partition coefficient (Wildman–Crippen LogP) is -2.19. The molecular formula is C10H16N4O5. The van der Waals surface area contributed by atoms with Crippen LogP contribution in [0.4, 0.5) is 5.82 Å². The Kier molecular flexibility index (Phi) is 4.00. The summed E-state index contributed by atoms with van der Waals surface area (Å²) in [7, 11) is 1.37. The van der Waals surface area contributed by atoms with E-state index in [9.17, 15) is 9.90 Å². The van der Waals surface area contributed by atoms with Crippen molar-refractivity contribution in [3.8, 4) is 0 Å². The smallest absolute Gasteiger partial charge is 0.275 e. The highest BCUT2D eigenvalue weighted by Gasteiger charge is 2.44. The first-order chi connectivity index (χ1) is 9.08. The molecule has 0 bridgehead atoms. The predicted molar refractivity (Wildman–Crippen MR) is 63.0 cm³/mol. The number of aliphatic hydroxyl groups excluding tert-OH is 2. The Morgan fingerprint density at radius 3 is 3.00 bits per heavy atom. The van der Waals surface area contributed by atoms with Crippen LogP contribution in [0.15, 0.2) is 6.33 Å². The van der Waals surface area contributed by atoms with E-state index in [1.165, 1.54) is 13.4 Å². The van der Waals surface area contributed by atoms with Gasteiger partial charge in [0.15, 0.2) is 11.9 Å². The SMILES string of the molecule is CO[C@@H]1[C@H](O)[C@@H](CO)O[C@H]1NC(=O)c1nc[nH]c1N. The summed E-state index contributed by atoms with van der Waals surface area (Å²) in [5.41, 5.74) is 5.55. The van der Waals surface area contributed by atoms with E-state index in [0.717, 1.165) is 0 Å². The number of ether oxygens (including phenoxy) is 2. The molecule has 0 spiro atoms. The van der Waals surface area contributed by atoms with E-state index in [-0.39, 0.29) is 18.1 Å². The van der Waals surface area contributed by atoms with Crippen molar-refractivity contribution in [3.63, 3.8) is 0 Å². The number of hydrogen-bond donors (Lipinski definition) is 5. The zero-order valence-corrected chi connectivity index (χ0v) is 10.2. The first-order valence-corrected chi connectivity index (χ1v) is 5.65. The van der Waals surface area contributed by atoms with E-state index in [0.29, 0.717) is 0 Å². The summed E-state index contributed by atoms with van der Waals surface area (Å²) in [5, 5.41) is 21.3. The van der Waals surface area contributed by atoms with Crippen LogP contribution in [0.5, 0.6) is 0 Å². The molecule has 0 aliphatic carbocycles. The van der Waals surface area contributed by atoms with Crippen LogP contribution in [0.25, 0.3) is 0 Å². The monoisotopic (exact) mass is 272 g/mol. The third kappa shape index (κ3) is 2.54. The molecule has 6 N–H and O–H groups in total. The molecule has 1 fully saturated rings. The zero-order valence-electron chi connectivity index (χ0n) is 10.2. The maximum Gasteiger partial charge on any atom is 0.275 e. The summed E-state index contributed by atoms with van der Waals surface area (Å²) in [6.45, 7) is -0.377. The number of aromatic amines is 1. The van der Waals surface area contributed by atoms with Crippen LogP contribution < -0.4 is 11.1 Å². The number of aromatic nitrogens is 2. The van der Waals surface area contributed by atoms with Gasteiger partial charge < -0.3 is 35.7 Å². The van der Waals surface area contributed by atoms with Crippen LogP contribution in [0.3, 0.4) is 0 Å². The van der Waals surface area contributed by atoms with Crippen molar-refractivity contribution in [2.24, 2.45) is 0 Å². The van der Waals surface area contributed by atoms with Crippen molar-refractivity contribution in [3.05, 3.63) is 12.0 Å². The molecule has 9 nitrogen and oxygen atoms in total. The lowest BCUT2D eigenvalue weighted by atomic mass is 10.1. The molecule has 1 aliphatic heterocycles. The molecule has 0 unspecified atom stereocenters. The molecule has 4 atom stereocenters. The fourth-order valence-corrected chi connectivity index (χ4v) is 1.95. The van der Waals surface area contributed by atoms with E-state index in [2.05, 4.69) is 15.3 Å². The number of methoxy groups -OCH3 is 1. The first-order valence-electron chi connectivity index (χ1n) is 5.65. The number of imidazole rings is 1. The summed E-state index contributed by atoms with van der Waals surface area (Å²) in [6, 6.07) is 0. The maximum absolute atomic E-state index is 11.9. The zero-order chi connectivity index (χ0) is 14.0. The Morgan fingerprint density at radius 2 is 2.47 bits per heavy atom. The average Bonchev–Trinajstić information content (AvgIpc) is 2.93. The standard InChI is InChI=1S/C10H16N4O5/c1-18-7-6(16)4(2-15)19-10(7)14-9(17)5-8(11)13-3-12-5/h3-4,6-7,10,15-16H,2,11H2,1H3,(H,12,13)(H,14,17)/t4-,6-,7-,10-/m1/s1. The molecule has 1 saturated heterocycles. The molecule has 9 heteroatoms. The molecule has 19 heavy (non-hydrogen) atoms. The minimum absolute atomic E-state index is 0.0281. The van der Waals surface area contributed by atoms with Gasteiger partial charge in [-0.1, -0.05) is 0 Å². The Hall–Kier alpha value is -1.68. The minimum atomic E-state index is -1.03. The molecule has 0 saturated carbocycles. The number of anilines is 1. The van der Waals surface area contributed by atoms with Crippen LogP contribution in [0, 0.1) is 0 Å². The van der Waals surface area contributed by atoms with Crippen LogP contribution in [-0.2, 0) is 9.47 Å². The number of amides is 1. The normalized spacial score (nSPS) is 30.5. The van der Waals surface area contributed by atoms with Gasteiger partial charge >= 0.3 is 0 Å². The highest BCUT2D eigenvalue weighted by molar-refractivity contribution is 5.96. The summed E-state index contributed by atoms with van der Waals surface area (Å²) in [4.78, 5) is 18.2. The number of aliphatic hydroxyl groups is 2. The second-order valence-corrected chi connectivity index (χ2v) is 4.11. The molecule has 0 radical (unpaired) electrons. The van der Waals surface area contributed by atoms with Gasteiger partial charge in [0.2, 0.25) is 0 Å². The third-order valence-corrected chi connectivity index (χ3v) is 2.95. The van der Waals surface area contributed by atoms with E-state index in [4.69, 9.17) is 20.3 Å². The van der Waals surface area contributed by atoms with Crippen molar-refractivity contribution in [2.75, 3.05) is 19.5 Å². The van der Waals surface area contributed by atoms with Gasteiger partial charge in [0.25, 0.3) is 5.91 Å². The van der Waals surface area contributed by atoms with Crippen LogP contribution in [-0.4, -0.2) is 64.3 Å². The molecule has 0 aromatic carbocycles. The fourth-order valence-electron chi connectivity index (χ4n) is 1.95. The van der Waals surface area contributed by atoms with Gasteiger partial charge in [-0.05, 0) is 0 Å². The lowest BCUT2D eigenvalue weighted by Crippen LogP contribution is -2.45. The number of nitrogens with one attached hydrogen (secondary N) is 2. The fraction of sp³-hybridized carbons (Fsp3) is 0.600. The van der Waals surface area contributed by atoms with Crippen molar-refractivity contribution < 1.29 is 24.5 Å². The van der Waals surface area contributed by atoms with Gasteiger partial charge in [0.1, 0.15) is 24.1 Å². The topological polar surface area (TPSA) is 143 Å². The van der Waals surface area contributed by atoms with Crippen molar-refractivity contribution >= 4 is 11.7 Å². The third-order valence-electron chi connectivity index (χ3n) is 2.95. The summed E-state index contributed by atoms with van der Waals surface area (Å²) < 4.78 is 10.4. The summed E-state index contributed by atoms with van der Waals surface area (Å²) in [6.07, 6.45) is -2.22. The Labute approximate surface area is 108 Å². The largest absolute Gasteiger partial charge is 0.394 e. The van der Waals surface area contributed by atoms with Gasteiger partial charge in [0.05, 0.1) is 12.9 Å². The second kappa shape index (κ2) is 5.53. The molecule has 1 aromatic heterocycles. The second-order valence-electron chi connectivity index (χ2n) is 4.11. The first kappa shape index (κ1) is 13.7. The van der Waals surface area contributed by atoms with Gasteiger partial charge in [-0.3, -0.25) is 4.79 Å². The van der Waals surface area contributed by atoms with E-state index in [1.807, 2.05) is 0 Å². The maximum atomic E-state index is 11.9. The van der Waals surface area contributed by atoms with Crippen molar-refractivity contribution in [2.45, 2.75) is 24.5 Å². The molecule has 2 rings (SSSR count). The number of carbonyl (C=O) groups excluding carboxylic acids is 1. The number of carbonyl (C=O) groups is 1. The highest BCUT2D eigenvalue weighted by atomic mass is 16.6. The molecule has 2 heterocycles. The quantitative estimate of drug-likeness (QED) is 0.419. The number of rotatable bonds is 4. The van der Waals surface area contributed by atoms with Crippen LogP contribution in [0.2, 0.25) is 0 Å². The number of nitrogens with zero attached hydrogens (tertiary/aromatic N) is 1. The lowest BCUT2D eigenvalue weighted by molar-refractivity contribution is -0.0335. The average molecular weight is 272 g/mol. The van der Waals surface area contributed by atoms with Crippen LogP contribution >= 0.6 is 0 Å². The molecule has 1 aromatic rings. The Bertz CT molecular complexity index is 451. The van der Waals surface area contributed by atoms with Crippen LogP contribution in [0.1, 0.15) is 10.5 Å². The van der Waals surface area contributed by atoms with Gasteiger partial charge in [0, 0.05) is 7.11 Å². The molecule has 1 amide bonds. The Balaban J connectivity index is 2.06. The summed E-state index contributed by atoms with van der Waals surface area (Å²) >= 11 is 0. The molecular weight excluding hydrogens is 256 g/mol. The van der Waals surface area contributed by atoms with Gasteiger partial charge in [-0.2, -0.15) is 0 Å². The van der Waals surface area contributed by atoms with Gasteiger partial charge in [-0.15, -0.1) is 0 Å². The minimum Gasteiger partial charge on any atom is -0.394 e. The van der Waals surface area contributed by atoms with E-state index in [1.54, 1.807) is 0 Å². The lowest BCUT2D eigenvalue weighted by Gasteiger charge is -2.19. The Morgan fingerprint density at radius 1 is 1.74 bits per heavy atom. The van der Waals surface area contributed by atoms with E-state index >= 15 is 0 Å². The molecule has 106 valence electrons. The van der Waals surface area contributed by atoms with Crippen molar-refractivity contribution in [1.82, 2.24) is 15.3 Å². The highest BCUT2D eigenvalue weighted by Crippen LogP contribution is 2.22. The number of H-pyrrole nitrogens is 1. The van der Waals surface area contributed by atoms with E-state index < -0.39 is 30.4 Å². The number of nitrogen functional groups attached to an aromatic ring is 1. The summed E-state index contributed by atoms with van der Waals surface area (Å²) in [5.74, 6) is -0.430. The number of nitrogens with two attached hydrogens (primary N) is 1.